The first-order valence-corrected chi connectivity index (χ1v) is 7.59. The first-order valence-electron chi connectivity index (χ1n) is 7.59. The van der Waals surface area contributed by atoms with E-state index in [1.165, 1.54) is 6.07 Å². The maximum atomic E-state index is 13.5. The third kappa shape index (κ3) is 3.84. The van der Waals surface area contributed by atoms with Gasteiger partial charge in [0.25, 0.3) is 5.91 Å². The molecule has 0 aliphatic rings. The second-order valence-corrected chi connectivity index (χ2v) is 5.55. The van der Waals surface area contributed by atoms with Crippen LogP contribution in [0.15, 0.2) is 54.7 Å². The van der Waals surface area contributed by atoms with Crippen LogP contribution in [0.4, 0.5) is 4.39 Å². The number of nitrogens with one attached hydrogen (secondary N) is 1. The molecule has 1 amide bonds. The van der Waals surface area contributed by atoms with Crippen molar-refractivity contribution in [3.8, 4) is 0 Å². The molecular formula is C18H17FN4O. The van der Waals surface area contributed by atoms with Crippen LogP contribution < -0.4 is 5.32 Å². The molecule has 0 aliphatic carbocycles. The fraction of sp³-hybridized carbons (Fsp3) is 0.167. The summed E-state index contributed by atoms with van der Waals surface area (Å²) in [5.41, 5.74) is 2.58. The predicted molar refractivity (Wildman–Crippen MR) is 87.9 cm³/mol. The molecule has 24 heavy (non-hydrogen) atoms. The van der Waals surface area contributed by atoms with Gasteiger partial charge in [-0.1, -0.05) is 47.7 Å². The van der Waals surface area contributed by atoms with Crippen LogP contribution in [0.25, 0.3) is 0 Å². The summed E-state index contributed by atoms with van der Waals surface area (Å²) in [6.45, 7) is 2.48. The van der Waals surface area contributed by atoms with Gasteiger partial charge in [-0.3, -0.25) is 4.79 Å². The van der Waals surface area contributed by atoms with Crippen LogP contribution in [0.2, 0.25) is 0 Å². The Morgan fingerprint density at radius 2 is 1.96 bits per heavy atom. The molecule has 5 nitrogen and oxygen atoms in total. The van der Waals surface area contributed by atoms with E-state index < -0.39 is 0 Å². The monoisotopic (exact) mass is 324 g/mol. The number of carbonyl (C=O) groups is 1. The summed E-state index contributed by atoms with van der Waals surface area (Å²) in [6.07, 6.45) is 1.60. The van der Waals surface area contributed by atoms with Crippen LogP contribution in [-0.4, -0.2) is 20.9 Å². The topological polar surface area (TPSA) is 59.8 Å². The van der Waals surface area contributed by atoms with E-state index in [4.69, 9.17) is 0 Å². The van der Waals surface area contributed by atoms with Crippen molar-refractivity contribution in [1.29, 1.82) is 0 Å². The Labute approximate surface area is 139 Å². The average Bonchev–Trinajstić information content (AvgIpc) is 3.05. The second kappa shape index (κ2) is 7.04. The van der Waals surface area contributed by atoms with Crippen LogP contribution in [-0.2, 0) is 13.1 Å². The van der Waals surface area contributed by atoms with E-state index in [2.05, 4.69) is 15.6 Å². The quantitative estimate of drug-likeness (QED) is 0.785. The fourth-order valence-electron chi connectivity index (χ4n) is 2.27. The third-order valence-electron chi connectivity index (χ3n) is 3.65. The Morgan fingerprint density at radius 3 is 2.71 bits per heavy atom. The van der Waals surface area contributed by atoms with E-state index in [0.29, 0.717) is 17.7 Å². The number of aromatic nitrogens is 3. The van der Waals surface area contributed by atoms with Gasteiger partial charge < -0.3 is 5.32 Å². The Morgan fingerprint density at radius 1 is 1.17 bits per heavy atom. The first-order chi connectivity index (χ1) is 11.6. The molecule has 0 radical (unpaired) electrons. The maximum absolute atomic E-state index is 13.5. The van der Waals surface area contributed by atoms with Crippen LogP contribution in [0.3, 0.4) is 0 Å². The highest BCUT2D eigenvalue weighted by Gasteiger charge is 2.11. The molecule has 0 aliphatic heterocycles. The highest BCUT2D eigenvalue weighted by Crippen LogP contribution is 2.09. The molecule has 0 saturated carbocycles. The number of hydrogen-bond donors (Lipinski definition) is 1. The number of hydrogen-bond acceptors (Lipinski definition) is 3. The molecule has 0 atom stereocenters. The summed E-state index contributed by atoms with van der Waals surface area (Å²) in [5, 5.41) is 10.6. The van der Waals surface area contributed by atoms with E-state index in [1.54, 1.807) is 29.9 Å². The van der Waals surface area contributed by atoms with Gasteiger partial charge in [0.2, 0.25) is 0 Å². The highest BCUT2D eigenvalue weighted by molar-refractivity contribution is 5.91. The minimum absolute atomic E-state index is 0.235. The van der Waals surface area contributed by atoms with Crippen molar-refractivity contribution < 1.29 is 9.18 Å². The zero-order valence-electron chi connectivity index (χ0n) is 13.2. The van der Waals surface area contributed by atoms with Crippen LogP contribution >= 0.6 is 0 Å². The standard InChI is InChI=1S/C18H17FN4O/c1-13-7-8-15(9-16(13)19)10-20-18(24)17-12-23(22-21-17)11-14-5-3-2-4-6-14/h2-9,12H,10-11H2,1H3,(H,20,24). The number of benzene rings is 2. The Bertz CT molecular complexity index is 845. The number of aryl methyl sites for hydroxylation is 1. The van der Waals surface area contributed by atoms with Gasteiger partial charge in [0, 0.05) is 6.54 Å². The molecule has 0 spiro atoms. The van der Waals surface area contributed by atoms with E-state index in [1.807, 2.05) is 30.3 Å². The zero-order valence-corrected chi connectivity index (χ0v) is 13.2. The number of rotatable bonds is 5. The van der Waals surface area contributed by atoms with Crippen LogP contribution in [0.5, 0.6) is 0 Å². The van der Waals surface area contributed by atoms with Crippen molar-refractivity contribution in [2.24, 2.45) is 0 Å². The summed E-state index contributed by atoms with van der Waals surface area (Å²) in [7, 11) is 0. The van der Waals surface area contributed by atoms with Gasteiger partial charge in [-0.15, -0.1) is 5.10 Å². The number of halogens is 1. The number of carbonyl (C=O) groups excluding carboxylic acids is 1. The zero-order chi connectivity index (χ0) is 16.9. The Hall–Kier alpha value is -3.02. The number of amides is 1. The molecule has 122 valence electrons. The van der Waals surface area contributed by atoms with Crippen molar-refractivity contribution in [1.82, 2.24) is 20.3 Å². The summed E-state index contributed by atoms with van der Waals surface area (Å²) in [5.74, 6) is -0.620. The summed E-state index contributed by atoms with van der Waals surface area (Å²) in [6, 6.07) is 14.7. The van der Waals surface area contributed by atoms with Crippen LogP contribution in [0, 0.1) is 12.7 Å². The molecule has 2 aromatic carbocycles. The minimum Gasteiger partial charge on any atom is -0.347 e. The normalized spacial score (nSPS) is 10.6. The SMILES string of the molecule is Cc1ccc(CNC(=O)c2cn(Cc3ccccc3)nn2)cc1F. The first kappa shape index (κ1) is 15.9. The fourth-order valence-corrected chi connectivity index (χ4v) is 2.27. The number of nitrogens with zero attached hydrogens (tertiary/aromatic N) is 3. The van der Waals surface area contributed by atoms with Crippen molar-refractivity contribution in [3.63, 3.8) is 0 Å². The lowest BCUT2D eigenvalue weighted by Crippen LogP contribution is -2.23. The second-order valence-electron chi connectivity index (χ2n) is 5.55. The van der Waals surface area contributed by atoms with Crippen LogP contribution in [0.1, 0.15) is 27.2 Å². The van der Waals surface area contributed by atoms with Crippen molar-refractivity contribution in [2.45, 2.75) is 20.0 Å². The lowest BCUT2D eigenvalue weighted by Gasteiger charge is -2.04. The largest absolute Gasteiger partial charge is 0.347 e. The molecule has 0 bridgehead atoms. The van der Waals surface area contributed by atoms with Gasteiger partial charge in [0.15, 0.2) is 5.69 Å². The Balaban J connectivity index is 1.60. The Kier molecular flexibility index (Phi) is 4.65. The molecule has 0 unspecified atom stereocenters. The molecule has 0 fully saturated rings. The molecular weight excluding hydrogens is 307 g/mol. The molecule has 1 aromatic heterocycles. The summed E-state index contributed by atoms with van der Waals surface area (Å²) >= 11 is 0. The molecule has 1 N–H and O–H groups in total. The average molecular weight is 324 g/mol. The highest BCUT2D eigenvalue weighted by atomic mass is 19.1. The van der Waals surface area contributed by atoms with E-state index in [0.717, 1.165) is 5.56 Å². The molecule has 0 saturated heterocycles. The van der Waals surface area contributed by atoms with E-state index in [9.17, 15) is 9.18 Å². The van der Waals surface area contributed by atoms with E-state index in [-0.39, 0.29) is 24.0 Å². The van der Waals surface area contributed by atoms with Crippen molar-refractivity contribution in [3.05, 3.63) is 82.9 Å². The maximum Gasteiger partial charge on any atom is 0.273 e. The molecule has 6 heteroatoms. The summed E-state index contributed by atoms with van der Waals surface area (Å²) in [4.78, 5) is 12.1. The molecule has 3 rings (SSSR count). The molecule has 1 heterocycles. The predicted octanol–water partition coefficient (Wildman–Crippen LogP) is 2.70. The molecule has 3 aromatic rings. The van der Waals surface area contributed by atoms with Gasteiger partial charge in [0.05, 0.1) is 12.7 Å². The lowest BCUT2D eigenvalue weighted by atomic mass is 10.1. The lowest BCUT2D eigenvalue weighted by molar-refractivity contribution is 0.0945. The van der Waals surface area contributed by atoms with Gasteiger partial charge in [0.1, 0.15) is 5.82 Å². The summed E-state index contributed by atoms with van der Waals surface area (Å²) < 4.78 is 15.1. The van der Waals surface area contributed by atoms with Gasteiger partial charge >= 0.3 is 0 Å². The smallest absolute Gasteiger partial charge is 0.273 e. The third-order valence-corrected chi connectivity index (χ3v) is 3.65. The van der Waals surface area contributed by atoms with Crippen molar-refractivity contribution in [2.75, 3.05) is 0 Å². The van der Waals surface area contributed by atoms with Gasteiger partial charge in [-0.05, 0) is 29.7 Å². The van der Waals surface area contributed by atoms with E-state index >= 15 is 0 Å². The van der Waals surface area contributed by atoms with Gasteiger partial charge in [-0.2, -0.15) is 0 Å². The van der Waals surface area contributed by atoms with Gasteiger partial charge in [-0.25, -0.2) is 9.07 Å². The van der Waals surface area contributed by atoms with Crippen molar-refractivity contribution >= 4 is 5.91 Å². The minimum atomic E-state index is -0.338.